The predicted octanol–water partition coefficient (Wildman–Crippen LogP) is 5.16. The van der Waals surface area contributed by atoms with Crippen LogP contribution in [0.3, 0.4) is 0 Å². The Morgan fingerprint density at radius 3 is 2.81 bits per heavy atom. The number of nitrogens with zero attached hydrogens (tertiary/aromatic N) is 1. The van der Waals surface area contributed by atoms with E-state index in [1.54, 1.807) is 12.3 Å². The van der Waals surface area contributed by atoms with Crippen LogP contribution in [0, 0.1) is 6.92 Å². The highest BCUT2D eigenvalue weighted by Gasteiger charge is 2.16. The number of aryl methyl sites for hydroxylation is 2. The van der Waals surface area contributed by atoms with Crippen molar-refractivity contribution in [3.05, 3.63) is 78.0 Å². The van der Waals surface area contributed by atoms with Crippen LogP contribution < -0.4 is 10.6 Å². The lowest BCUT2D eigenvalue weighted by atomic mass is 10.0. The van der Waals surface area contributed by atoms with Crippen LogP contribution in [0.1, 0.15) is 34.8 Å². The van der Waals surface area contributed by atoms with E-state index < -0.39 is 0 Å². The molecule has 0 spiro atoms. The third-order valence-corrected chi connectivity index (χ3v) is 4.47. The molecule has 4 nitrogen and oxygen atoms in total. The molecule has 0 bridgehead atoms. The summed E-state index contributed by atoms with van der Waals surface area (Å²) >= 11 is 0. The SMILES string of the molecule is C=CCNC(=O)c1cnc2ccc(C)cc2c1Nc1ccccc1CCC. The van der Waals surface area contributed by atoms with Gasteiger partial charge in [0.05, 0.1) is 16.8 Å². The van der Waals surface area contributed by atoms with Gasteiger partial charge in [0, 0.05) is 23.8 Å². The molecule has 0 aliphatic rings. The van der Waals surface area contributed by atoms with Crippen molar-refractivity contribution in [1.29, 1.82) is 0 Å². The van der Waals surface area contributed by atoms with Gasteiger partial charge in [-0.05, 0) is 37.1 Å². The summed E-state index contributed by atoms with van der Waals surface area (Å²) in [6, 6.07) is 14.3. The third-order valence-electron chi connectivity index (χ3n) is 4.47. The van der Waals surface area contributed by atoms with Crippen LogP contribution in [0.4, 0.5) is 11.4 Å². The van der Waals surface area contributed by atoms with E-state index in [2.05, 4.69) is 47.3 Å². The lowest BCUT2D eigenvalue weighted by Crippen LogP contribution is -2.24. The van der Waals surface area contributed by atoms with E-state index in [-0.39, 0.29) is 5.91 Å². The number of aromatic nitrogens is 1. The first-order valence-electron chi connectivity index (χ1n) is 9.27. The third kappa shape index (κ3) is 4.17. The summed E-state index contributed by atoms with van der Waals surface area (Å²) in [5.74, 6) is -0.165. The molecule has 0 aliphatic heterocycles. The summed E-state index contributed by atoms with van der Waals surface area (Å²) in [4.78, 5) is 17.2. The number of benzene rings is 2. The second-order valence-electron chi connectivity index (χ2n) is 6.60. The van der Waals surface area contributed by atoms with Crippen LogP contribution in [0.25, 0.3) is 10.9 Å². The molecule has 3 rings (SSSR count). The van der Waals surface area contributed by atoms with Gasteiger partial charge >= 0.3 is 0 Å². The minimum atomic E-state index is -0.165. The zero-order valence-corrected chi connectivity index (χ0v) is 15.9. The molecule has 4 heteroatoms. The van der Waals surface area contributed by atoms with Crippen molar-refractivity contribution < 1.29 is 4.79 Å². The summed E-state index contributed by atoms with van der Waals surface area (Å²) in [5.41, 5.74) is 5.55. The van der Waals surface area contributed by atoms with Crippen molar-refractivity contribution in [2.45, 2.75) is 26.7 Å². The molecule has 138 valence electrons. The largest absolute Gasteiger partial charge is 0.354 e. The van der Waals surface area contributed by atoms with Crippen molar-refractivity contribution in [3.63, 3.8) is 0 Å². The number of carbonyl (C=O) groups is 1. The highest BCUT2D eigenvalue weighted by Crippen LogP contribution is 2.31. The lowest BCUT2D eigenvalue weighted by Gasteiger charge is -2.17. The molecule has 0 aliphatic carbocycles. The average Bonchev–Trinajstić information content (AvgIpc) is 2.68. The minimum Gasteiger partial charge on any atom is -0.354 e. The number of pyridine rings is 1. The number of anilines is 2. The van der Waals surface area contributed by atoms with E-state index in [1.807, 2.05) is 31.2 Å². The van der Waals surface area contributed by atoms with Crippen LogP contribution in [0.15, 0.2) is 61.3 Å². The molecule has 0 unspecified atom stereocenters. The molecule has 2 aromatic carbocycles. The van der Waals surface area contributed by atoms with Crippen molar-refractivity contribution in [2.75, 3.05) is 11.9 Å². The van der Waals surface area contributed by atoms with E-state index in [1.165, 1.54) is 5.56 Å². The van der Waals surface area contributed by atoms with Gasteiger partial charge in [-0.2, -0.15) is 0 Å². The smallest absolute Gasteiger partial charge is 0.255 e. The molecule has 0 saturated carbocycles. The average molecular weight is 359 g/mol. The summed E-state index contributed by atoms with van der Waals surface area (Å²) in [7, 11) is 0. The van der Waals surface area contributed by atoms with Crippen LogP contribution in [-0.2, 0) is 6.42 Å². The Kier molecular flexibility index (Phi) is 5.87. The van der Waals surface area contributed by atoms with E-state index >= 15 is 0 Å². The van der Waals surface area contributed by atoms with Gasteiger partial charge in [-0.1, -0.05) is 49.2 Å². The first-order chi connectivity index (χ1) is 13.1. The first-order valence-corrected chi connectivity index (χ1v) is 9.27. The van der Waals surface area contributed by atoms with E-state index in [4.69, 9.17) is 0 Å². The molecule has 2 N–H and O–H groups in total. The van der Waals surface area contributed by atoms with Gasteiger partial charge < -0.3 is 10.6 Å². The Morgan fingerprint density at radius 2 is 2.04 bits per heavy atom. The molecule has 0 radical (unpaired) electrons. The fourth-order valence-electron chi connectivity index (χ4n) is 3.14. The molecule has 1 aromatic heterocycles. The summed E-state index contributed by atoms with van der Waals surface area (Å²) in [5, 5.41) is 7.32. The Labute approximate surface area is 160 Å². The van der Waals surface area contributed by atoms with Gasteiger partial charge in [0.25, 0.3) is 5.91 Å². The Hall–Kier alpha value is -3.14. The summed E-state index contributed by atoms with van der Waals surface area (Å²) < 4.78 is 0. The van der Waals surface area contributed by atoms with Gasteiger partial charge in [-0.15, -0.1) is 6.58 Å². The Balaban J connectivity index is 2.14. The van der Waals surface area contributed by atoms with Gasteiger partial charge in [-0.3, -0.25) is 9.78 Å². The number of carbonyl (C=O) groups excluding carboxylic acids is 1. The van der Waals surface area contributed by atoms with Gasteiger partial charge in [-0.25, -0.2) is 0 Å². The van der Waals surface area contributed by atoms with Crippen LogP contribution >= 0.6 is 0 Å². The number of rotatable bonds is 7. The predicted molar refractivity (Wildman–Crippen MR) is 113 cm³/mol. The minimum absolute atomic E-state index is 0.165. The number of para-hydroxylation sites is 1. The second-order valence-corrected chi connectivity index (χ2v) is 6.60. The van der Waals surface area contributed by atoms with E-state index in [9.17, 15) is 4.79 Å². The Bertz CT molecular complexity index is 979. The number of nitrogens with one attached hydrogen (secondary N) is 2. The topological polar surface area (TPSA) is 54.0 Å². The van der Waals surface area contributed by atoms with E-state index in [0.717, 1.165) is 40.7 Å². The van der Waals surface area contributed by atoms with Crippen LogP contribution in [0.5, 0.6) is 0 Å². The highest BCUT2D eigenvalue weighted by atomic mass is 16.1. The summed E-state index contributed by atoms with van der Waals surface area (Å²) in [6.45, 7) is 8.28. The van der Waals surface area contributed by atoms with Crippen LogP contribution in [0.2, 0.25) is 0 Å². The number of hydrogen-bond donors (Lipinski definition) is 2. The fraction of sp³-hybridized carbons (Fsp3) is 0.217. The summed E-state index contributed by atoms with van der Waals surface area (Å²) in [6.07, 6.45) is 5.34. The molecule has 1 heterocycles. The number of amides is 1. The maximum atomic E-state index is 12.7. The molecule has 1 amide bonds. The second kappa shape index (κ2) is 8.49. The zero-order valence-electron chi connectivity index (χ0n) is 15.9. The van der Waals surface area contributed by atoms with E-state index in [0.29, 0.717) is 12.1 Å². The molecule has 0 atom stereocenters. The highest BCUT2D eigenvalue weighted by molar-refractivity contribution is 6.08. The molecule has 3 aromatic rings. The van der Waals surface area contributed by atoms with Crippen molar-refractivity contribution in [2.24, 2.45) is 0 Å². The molecule has 27 heavy (non-hydrogen) atoms. The van der Waals surface area contributed by atoms with Gasteiger partial charge in [0.2, 0.25) is 0 Å². The van der Waals surface area contributed by atoms with Gasteiger partial charge in [0.1, 0.15) is 0 Å². The van der Waals surface area contributed by atoms with Crippen molar-refractivity contribution >= 4 is 28.2 Å². The van der Waals surface area contributed by atoms with Crippen LogP contribution in [-0.4, -0.2) is 17.4 Å². The standard InChI is InChI=1S/C23H25N3O/c1-4-8-17-9-6-7-10-20(17)26-22-18-14-16(3)11-12-21(18)25-15-19(22)23(27)24-13-5-2/h5-7,9-12,14-15H,2,4,8,13H2,1,3H3,(H,24,27)(H,25,26). The first kappa shape index (κ1) is 18.6. The number of hydrogen-bond acceptors (Lipinski definition) is 3. The molecular weight excluding hydrogens is 334 g/mol. The molecule has 0 saturated heterocycles. The Morgan fingerprint density at radius 1 is 1.22 bits per heavy atom. The molecular formula is C23H25N3O. The maximum Gasteiger partial charge on any atom is 0.255 e. The monoisotopic (exact) mass is 359 g/mol. The van der Waals surface area contributed by atoms with Crippen molar-refractivity contribution in [3.8, 4) is 0 Å². The quantitative estimate of drug-likeness (QED) is 0.573. The van der Waals surface area contributed by atoms with Gasteiger partial charge in [0.15, 0.2) is 0 Å². The normalized spacial score (nSPS) is 10.6. The maximum absolute atomic E-state index is 12.7. The lowest BCUT2D eigenvalue weighted by molar-refractivity contribution is 0.0958. The zero-order chi connectivity index (χ0) is 19.2. The van der Waals surface area contributed by atoms with Crippen molar-refractivity contribution in [1.82, 2.24) is 10.3 Å². The fourth-order valence-corrected chi connectivity index (χ4v) is 3.14. The molecule has 0 fully saturated rings. The number of fused-ring (bicyclic) bond motifs is 1.